The molecule has 1 aromatic heterocycles. The van der Waals surface area contributed by atoms with E-state index in [0.29, 0.717) is 0 Å². The molecule has 0 spiro atoms. The number of aliphatic carboxylic acids is 1. The number of amides is 1. The topological polar surface area (TPSA) is 123 Å². The van der Waals surface area contributed by atoms with Crippen LogP contribution in [-0.4, -0.2) is 44.9 Å². The molecule has 0 aliphatic rings. The summed E-state index contributed by atoms with van der Waals surface area (Å²) in [6.07, 6.45) is 0. The number of nitrogens with one attached hydrogen (secondary N) is 2. The molecule has 0 saturated carbocycles. The van der Waals surface area contributed by atoms with Crippen molar-refractivity contribution in [3.8, 4) is 0 Å². The highest BCUT2D eigenvalue weighted by Crippen LogP contribution is 2.04. The molecule has 0 saturated heterocycles. The number of aromatic nitrogens is 2. The average Bonchev–Trinajstić information content (AvgIpc) is 2.33. The molecule has 0 bridgehead atoms. The van der Waals surface area contributed by atoms with Gasteiger partial charge in [-0.15, -0.1) is 0 Å². The minimum absolute atomic E-state index is 0.000500. The maximum absolute atomic E-state index is 12.0. The van der Waals surface area contributed by atoms with Crippen LogP contribution in [0, 0.1) is 5.92 Å². The van der Waals surface area contributed by atoms with Crippen LogP contribution < -0.4 is 11.2 Å². The van der Waals surface area contributed by atoms with Gasteiger partial charge in [0.15, 0.2) is 0 Å². The van der Waals surface area contributed by atoms with E-state index in [-0.39, 0.29) is 18.8 Å². The van der Waals surface area contributed by atoms with Gasteiger partial charge in [0, 0.05) is 19.2 Å². The van der Waals surface area contributed by atoms with Crippen LogP contribution in [0.25, 0.3) is 0 Å². The molecule has 3 N–H and O–H groups in total. The van der Waals surface area contributed by atoms with Crippen LogP contribution in [0.2, 0.25) is 0 Å². The Morgan fingerprint density at radius 3 is 2.47 bits per heavy atom. The minimum atomic E-state index is -1.02. The molecule has 8 nitrogen and oxygen atoms in total. The van der Waals surface area contributed by atoms with Crippen molar-refractivity contribution >= 4 is 11.9 Å². The molecule has 0 aliphatic carbocycles. The highest BCUT2D eigenvalue weighted by atomic mass is 16.4. The smallest absolute Gasteiger partial charge is 0.326 e. The number of carboxylic acids is 1. The van der Waals surface area contributed by atoms with Gasteiger partial charge >= 0.3 is 11.7 Å². The van der Waals surface area contributed by atoms with Gasteiger partial charge in [-0.2, -0.15) is 0 Å². The Labute approximate surface area is 108 Å². The molecule has 1 unspecified atom stereocenters. The van der Waals surface area contributed by atoms with Crippen molar-refractivity contribution in [2.24, 2.45) is 5.92 Å². The third kappa shape index (κ3) is 3.80. The molecule has 1 heterocycles. The quantitative estimate of drug-likeness (QED) is 0.648. The number of nitrogens with zero attached hydrogens (tertiary/aromatic N) is 1. The molecule has 0 aromatic carbocycles. The van der Waals surface area contributed by atoms with Gasteiger partial charge in [0.2, 0.25) is 0 Å². The first kappa shape index (κ1) is 14.7. The van der Waals surface area contributed by atoms with Crippen LogP contribution >= 0.6 is 0 Å². The maximum Gasteiger partial charge on any atom is 0.326 e. The summed E-state index contributed by atoms with van der Waals surface area (Å²) in [4.78, 5) is 50.4. The fourth-order valence-corrected chi connectivity index (χ4v) is 1.52. The Hall–Kier alpha value is -2.38. The van der Waals surface area contributed by atoms with Gasteiger partial charge in [-0.05, 0) is 6.92 Å². The summed E-state index contributed by atoms with van der Waals surface area (Å²) in [7, 11) is 0. The molecule has 8 heteroatoms. The number of hydrogen-bond donors (Lipinski definition) is 3. The Kier molecular flexibility index (Phi) is 4.62. The fraction of sp³-hybridized carbons (Fsp3) is 0.455. The van der Waals surface area contributed by atoms with Crippen LogP contribution in [0.1, 0.15) is 24.3 Å². The van der Waals surface area contributed by atoms with E-state index in [0.717, 1.165) is 6.07 Å². The summed E-state index contributed by atoms with van der Waals surface area (Å²) in [5.41, 5.74) is -1.62. The average molecular weight is 269 g/mol. The van der Waals surface area contributed by atoms with Gasteiger partial charge in [0.25, 0.3) is 11.5 Å². The molecule has 0 aliphatic heterocycles. The van der Waals surface area contributed by atoms with E-state index in [1.54, 1.807) is 6.92 Å². The second-order valence-electron chi connectivity index (χ2n) is 4.08. The Bertz CT molecular complexity index is 560. The lowest BCUT2D eigenvalue weighted by Crippen LogP contribution is -2.39. The molecule has 0 fully saturated rings. The lowest BCUT2D eigenvalue weighted by atomic mass is 10.1. The largest absolute Gasteiger partial charge is 0.481 e. The Morgan fingerprint density at radius 1 is 1.37 bits per heavy atom. The van der Waals surface area contributed by atoms with Crippen LogP contribution in [0.3, 0.4) is 0 Å². The number of rotatable bonds is 5. The highest BCUT2D eigenvalue weighted by molar-refractivity contribution is 5.92. The third-order valence-electron chi connectivity index (χ3n) is 2.58. The van der Waals surface area contributed by atoms with Gasteiger partial charge < -0.3 is 15.0 Å². The monoisotopic (exact) mass is 269 g/mol. The van der Waals surface area contributed by atoms with E-state index >= 15 is 0 Å². The first-order valence-electron chi connectivity index (χ1n) is 5.70. The SMILES string of the molecule is CCN(CC(C)C(=O)O)C(=O)c1cc(=O)[nH]c(=O)[nH]1. The van der Waals surface area contributed by atoms with Crippen molar-refractivity contribution in [1.29, 1.82) is 0 Å². The number of H-pyrrole nitrogens is 2. The van der Waals surface area contributed by atoms with E-state index < -0.39 is 29.0 Å². The molecule has 1 atom stereocenters. The lowest BCUT2D eigenvalue weighted by molar-refractivity contribution is -0.141. The number of carbonyl (C=O) groups excluding carboxylic acids is 1. The second-order valence-corrected chi connectivity index (χ2v) is 4.08. The van der Waals surface area contributed by atoms with Crippen molar-refractivity contribution in [3.05, 3.63) is 32.6 Å². The molecule has 0 radical (unpaired) electrons. The first-order valence-corrected chi connectivity index (χ1v) is 5.70. The fourth-order valence-electron chi connectivity index (χ4n) is 1.52. The number of carbonyl (C=O) groups is 2. The van der Waals surface area contributed by atoms with Crippen molar-refractivity contribution in [1.82, 2.24) is 14.9 Å². The summed E-state index contributed by atoms with van der Waals surface area (Å²) in [6, 6.07) is 0.970. The van der Waals surface area contributed by atoms with Crippen LogP contribution in [0.4, 0.5) is 0 Å². The number of carboxylic acid groups (broad SMARTS) is 1. The zero-order valence-corrected chi connectivity index (χ0v) is 10.6. The van der Waals surface area contributed by atoms with Crippen molar-refractivity contribution in [3.63, 3.8) is 0 Å². The maximum atomic E-state index is 12.0. The molecule has 19 heavy (non-hydrogen) atoms. The van der Waals surface area contributed by atoms with Crippen molar-refractivity contribution in [2.75, 3.05) is 13.1 Å². The van der Waals surface area contributed by atoms with E-state index in [2.05, 4.69) is 4.98 Å². The molecule has 1 amide bonds. The lowest BCUT2D eigenvalue weighted by Gasteiger charge is -2.22. The standard InChI is InChI=1S/C11H15N3O5/c1-3-14(5-6(2)10(17)18)9(16)7-4-8(15)13-11(19)12-7/h4,6H,3,5H2,1-2H3,(H,17,18)(H2,12,13,15,19). The summed E-state index contributed by atoms with van der Waals surface area (Å²) in [5, 5.41) is 8.82. The Morgan fingerprint density at radius 2 is 2.00 bits per heavy atom. The van der Waals surface area contributed by atoms with Crippen LogP contribution in [-0.2, 0) is 4.79 Å². The highest BCUT2D eigenvalue weighted by Gasteiger charge is 2.21. The Balaban J connectivity index is 2.98. The molecule has 1 rings (SSSR count). The zero-order valence-electron chi connectivity index (χ0n) is 10.6. The zero-order chi connectivity index (χ0) is 14.6. The van der Waals surface area contributed by atoms with Gasteiger partial charge in [-0.25, -0.2) is 4.79 Å². The summed E-state index contributed by atoms with van der Waals surface area (Å²) in [5.74, 6) is -2.35. The second kappa shape index (κ2) is 5.98. The first-order chi connectivity index (χ1) is 8.85. The van der Waals surface area contributed by atoms with Crippen LogP contribution in [0.15, 0.2) is 15.7 Å². The predicted octanol–water partition coefficient (Wildman–Crippen LogP) is -0.754. The number of aromatic amines is 2. The van der Waals surface area contributed by atoms with Crippen LogP contribution in [0.5, 0.6) is 0 Å². The summed E-state index contributed by atoms with van der Waals surface area (Å²) < 4.78 is 0. The molecular formula is C11H15N3O5. The van der Waals surface area contributed by atoms with Crippen molar-refractivity contribution in [2.45, 2.75) is 13.8 Å². The van der Waals surface area contributed by atoms with E-state index in [1.807, 2.05) is 4.98 Å². The number of hydrogen-bond acceptors (Lipinski definition) is 4. The van der Waals surface area contributed by atoms with E-state index in [9.17, 15) is 19.2 Å². The normalized spacial score (nSPS) is 11.9. The van der Waals surface area contributed by atoms with Gasteiger partial charge in [0.05, 0.1) is 5.92 Å². The molecule has 104 valence electrons. The predicted molar refractivity (Wildman–Crippen MR) is 66.1 cm³/mol. The molecular weight excluding hydrogens is 254 g/mol. The van der Waals surface area contributed by atoms with Gasteiger partial charge in [-0.1, -0.05) is 6.92 Å². The van der Waals surface area contributed by atoms with Gasteiger partial charge in [-0.3, -0.25) is 19.4 Å². The van der Waals surface area contributed by atoms with E-state index in [1.165, 1.54) is 11.8 Å². The van der Waals surface area contributed by atoms with E-state index in [4.69, 9.17) is 5.11 Å². The minimum Gasteiger partial charge on any atom is -0.481 e. The molecule has 1 aromatic rings. The van der Waals surface area contributed by atoms with Gasteiger partial charge in [0.1, 0.15) is 5.69 Å². The van der Waals surface area contributed by atoms with Crippen molar-refractivity contribution < 1.29 is 14.7 Å². The third-order valence-corrected chi connectivity index (χ3v) is 2.58. The summed E-state index contributed by atoms with van der Waals surface area (Å²) in [6.45, 7) is 3.42. The summed E-state index contributed by atoms with van der Waals surface area (Å²) >= 11 is 0.